The van der Waals surface area contributed by atoms with E-state index in [0.717, 1.165) is 32.3 Å². The normalized spacial score (nSPS) is 12.9. The Morgan fingerprint density at radius 2 is 1.81 bits per heavy atom. The van der Waals surface area contributed by atoms with Crippen molar-refractivity contribution >= 4 is 58.1 Å². The van der Waals surface area contributed by atoms with Gasteiger partial charge in [-0.15, -0.1) is 21.5 Å². The number of carbonyl (C=O) groups excluding carboxylic acids is 4. The quantitative estimate of drug-likeness (QED) is 0.0571. The number of esters is 2. The van der Waals surface area contributed by atoms with Gasteiger partial charge in [-0.1, -0.05) is 42.2 Å². The molecule has 0 saturated carbocycles. The molecule has 0 saturated heterocycles. The maximum atomic E-state index is 13.3. The minimum absolute atomic E-state index is 0.0200. The Morgan fingerprint density at radius 1 is 1.06 bits per heavy atom. The van der Waals surface area contributed by atoms with E-state index in [0.29, 0.717) is 28.8 Å². The Hall–Kier alpha value is -5.62. The molecule has 4 N–H and O–H groups in total. The van der Waals surface area contributed by atoms with Gasteiger partial charge in [-0.2, -0.15) is 0 Å². The lowest BCUT2D eigenvalue weighted by molar-refractivity contribution is -0.147. The van der Waals surface area contributed by atoms with Crippen LogP contribution in [-0.4, -0.2) is 64.1 Å². The summed E-state index contributed by atoms with van der Waals surface area (Å²) in [7, 11) is 0. The van der Waals surface area contributed by atoms with Crippen molar-refractivity contribution in [3.05, 3.63) is 104 Å². The molecule has 3 heterocycles. The lowest BCUT2D eigenvalue weighted by Gasteiger charge is -2.13. The zero-order valence-electron chi connectivity index (χ0n) is 29.7. The van der Waals surface area contributed by atoms with Crippen LogP contribution in [0.4, 0.5) is 5.69 Å². The number of nitrogens with two attached hydrogens (primary N) is 1. The van der Waals surface area contributed by atoms with E-state index in [1.807, 2.05) is 35.8 Å². The molecule has 1 aliphatic heterocycles. The first-order chi connectivity index (χ1) is 25.4. The zero-order valence-corrected chi connectivity index (χ0v) is 31.2. The number of halogens is 1. The van der Waals surface area contributed by atoms with E-state index >= 15 is 0 Å². The molecular weight excluding hydrogens is 718 g/mol. The Labute approximate surface area is 315 Å². The van der Waals surface area contributed by atoms with E-state index in [1.165, 1.54) is 25.1 Å². The number of amides is 2. The van der Waals surface area contributed by atoms with Crippen molar-refractivity contribution in [1.82, 2.24) is 20.1 Å². The van der Waals surface area contributed by atoms with Gasteiger partial charge in [0.25, 0.3) is 0 Å². The van der Waals surface area contributed by atoms with Crippen LogP contribution in [0, 0.1) is 32.6 Å². The summed E-state index contributed by atoms with van der Waals surface area (Å²) < 4.78 is 11.8. The fourth-order valence-corrected chi connectivity index (χ4v) is 6.81. The topological polar surface area (TPSA) is 180 Å². The van der Waals surface area contributed by atoms with Crippen LogP contribution in [-0.2, 0) is 23.9 Å². The number of benzene rings is 2. The van der Waals surface area contributed by atoms with Crippen molar-refractivity contribution in [1.29, 1.82) is 0 Å². The van der Waals surface area contributed by atoms with E-state index in [2.05, 4.69) is 53.1 Å². The predicted octanol–water partition coefficient (Wildman–Crippen LogP) is 5.27. The molecule has 53 heavy (non-hydrogen) atoms. The van der Waals surface area contributed by atoms with Gasteiger partial charge in [0.05, 0.1) is 24.2 Å². The molecule has 274 valence electrons. The van der Waals surface area contributed by atoms with Gasteiger partial charge in [0.1, 0.15) is 16.9 Å². The molecule has 5 rings (SSSR count). The second-order valence-corrected chi connectivity index (χ2v) is 13.8. The van der Waals surface area contributed by atoms with Crippen molar-refractivity contribution in [2.24, 2.45) is 10.7 Å². The SMILES string of the molecule is C=C(C)C(=O)OCOC(=O)c1ccc(NC(=O)CCCNC(=O)C[C@@H]2N=C(c3ccc(Cl)cc3)c3c(sc(C)c3C)-n3c(C)nnc32)cc1C#CCN. The number of carbonyl (C=O) groups is 4. The number of hydrogen-bond acceptors (Lipinski definition) is 11. The molecule has 0 radical (unpaired) electrons. The fraction of sp³-hybridized carbons (Fsp3) is 0.289. The largest absolute Gasteiger partial charge is 0.425 e. The van der Waals surface area contributed by atoms with Gasteiger partial charge in [-0.05, 0) is 70.0 Å². The molecule has 2 aromatic carbocycles. The predicted molar refractivity (Wildman–Crippen MR) is 202 cm³/mol. The van der Waals surface area contributed by atoms with Crippen LogP contribution in [0.5, 0.6) is 0 Å². The maximum Gasteiger partial charge on any atom is 0.342 e. The van der Waals surface area contributed by atoms with Crippen molar-refractivity contribution < 1.29 is 28.7 Å². The van der Waals surface area contributed by atoms with Gasteiger partial charge in [0.15, 0.2) is 5.82 Å². The summed E-state index contributed by atoms with van der Waals surface area (Å²) in [5.74, 6) is 4.72. The number of aliphatic imine (C=N–C) groups is 1. The first kappa shape index (κ1) is 38.6. The second-order valence-electron chi connectivity index (χ2n) is 12.1. The summed E-state index contributed by atoms with van der Waals surface area (Å²) in [5.41, 5.74) is 10.1. The highest BCUT2D eigenvalue weighted by Gasteiger charge is 2.32. The average molecular weight is 756 g/mol. The highest BCUT2D eigenvalue weighted by molar-refractivity contribution is 7.15. The molecule has 0 fully saturated rings. The molecule has 0 spiro atoms. The number of aromatic nitrogens is 3. The van der Waals surface area contributed by atoms with Crippen LogP contribution < -0.4 is 16.4 Å². The Bertz CT molecular complexity index is 2180. The minimum atomic E-state index is -0.776. The molecule has 2 aromatic heterocycles. The monoisotopic (exact) mass is 755 g/mol. The van der Waals surface area contributed by atoms with E-state index in [9.17, 15) is 19.2 Å². The smallest absolute Gasteiger partial charge is 0.342 e. The number of hydrogen-bond donors (Lipinski definition) is 3. The number of thiophene rings is 1. The van der Waals surface area contributed by atoms with Crippen molar-refractivity contribution in [3.63, 3.8) is 0 Å². The summed E-state index contributed by atoms with van der Waals surface area (Å²) in [6.45, 7) is 10.6. The maximum absolute atomic E-state index is 13.3. The second kappa shape index (κ2) is 17.3. The number of rotatable bonds is 12. The van der Waals surface area contributed by atoms with Crippen molar-refractivity contribution in [2.45, 2.75) is 53.0 Å². The highest BCUT2D eigenvalue weighted by atomic mass is 35.5. The van der Waals surface area contributed by atoms with Gasteiger partial charge < -0.3 is 25.8 Å². The van der Waals surface area contributed by atoms with E-state index in [-0.39, 0.29) is 54.4 Å². The lowest BCUT2D eigenvalue weighted by atomic mass is 9.99. The molecule has 0 unspecified atom stereocenters. The van der Waals surface area contributed by atoms with Gasteiger partial charge in [-0.25, -0.2) is 9.59 Å². The summed E-state index contributed by atoms with van der Waals surface area (Å²) in [5, 5.41) is 16.0. The fourth-order valence-electron chi connectivity index (χ4n) is 5.47. The average Bonchev–Trinajstić information content (AvgIpc) is 3.60. The number of fused-ring (bicyclic) bond motifs is 3. The molecule has 0 bridgehead atoms. The van der Waals surface area contributed by atoms with Crippen molar-refractivity contribution in [3.8, 4) is 16.8 Å². The van der Waals surface area contributed by atoms with Gasteiger partial charge in [0, 0.05) is 50.8 Å². The Morgan fingerprint density at radius 3 is 2.53 bits per heavy atom. The minimum Gasteiger partial charge on any atom is -0.425 e. The first-order valence-corrected chi connectivity index (χ1v) is 17.8. The van der Waals surface area contributed by atoms with Crippen LogP contribution >= 0.6 is 22.9 Å². The van der Waals surface area contributed by atoms with Gasteiger partial charge >= 0.3 is 11.9 Å². The lowest BCUT2D eigenvalue weighted by Crippen LogP contribution is -2.27. The zero-order chi connectivity index (χ0) is 38.2. The van der Waals surface area contributed by atoms with E-state index in [1.54, 1.807) is 11.3 Å². The van der Waals surface area contributed by atoms with Crippen LogP contribution in [0.3, 0.4) is 0 Å². The molecule has 2 amide bonds. The third-order valence-electron chi connectivity index (χ3n) is 8.22. The van der Waals surface area contributed by atoms with Crippen LogP contribution in [0.2, 0.25) is 5.02 Å². The molecule has 4 aromatic rings. The number of anilines is 1. The highest BCUT2D eigenvalue weighted by Crippen LogP contribution is 2.39. The summed E-state index contributed by atoms with van der Waals surface area (Å²) in [6.07, 6.45) is 0.489. The number of nitrogens with one attached hydrogen (secondary N) is 2. The summed E-state index contributed by atoms with van der Waals surface area (Å²) in [4.78, 5) is 56.6. The van der Waals surface area contributed by atoms with Crippen LogP contribution in [0.15, 0.2) is 59.6 Å². The molecule has 13 nitrogen and oxygen atoms in total. The molecule has 0 aliphatic carbocycles. The van der Waals surface area contributed by atoms with Crippen LogP contribution in [0.25, 0.3) is 5.00 Å². The molecule has 1 atom stereocenters. The summed E-state index contributed by atoms with van der Waals surface area (Å²) >= 11 is 7.84. The standard InChI is InChI=1S/C38H38ClN7O6S/c1-21(2)37(49)51-20-52-38(50)29-15-14-28(18-26(29)8-6-16-40)42-31(47)9-7-17-41-32(48)19-30-35-45-44-24(5)46(35)36-33(22(3)23(4)53-36)34(43-30)25-10-12-27(39)13-11-25/h10-15,18,30H,1,7,9,16-17,19-20,40H2,2-5H3,(H,41,48)(H,42,47)/t30-/m0/s1. The van der Waals surface area contributed by atoms with Crippen molar-refractivity contribution in [2.75, 3.05) is 25.2 Å². The van der Waals surface area contributed by atoms with Crippen LogP contribution in [0.1, 0.15) is 81.4 Å². The van der Waals surface area contributed by atoms with E-state index in [4.69, 9.17) is 31.8 Å². The van der Waals surface area contributed by atoms with Gasteiger partial charge in [-0.3, -0.25) is 19.1 Å². The number of nitrogens with zero attached hydrogens (tertiary/aromatic N) is 4. The Kier molecular flexibility index (Phi) is 12.6. The number of ether oxygens (including phenoxy) is 2. The van der Waals surface area contributed by atoms with Gasteiger partial charge in [0.2, 0.25) is 18.6 Å². The number of aryl methyl sites for hydroxylation is 2. The third kappa shape index (κ3) is 9.25. The first-order valence-electron chi connectivity index (χ1n) is 16.6. The molecular formula is C38H38ClN7O6S. The Balaban J connectivity index is 1.20. The van der Waals surface area contributed by atoms with E-state index < -0.39 is 24.8 Å². The molecule has 1 aliphatic rings. The third-order valence-corrected chi connectivity index (χ3v) is 9.66. The summed E-state index contributed by atoms with van der Waals surface area (Å²) in [6, 6.07) is 11.3. The molecule has 15 heteroatoms.